The van der Waals surface area contributed by atoms with Crippen molar-refractivity contribution in [3.63, 3.8) is 0 Å². The molecule has 3 heterocycles. The lowest BCUT2D eigenvalue weighted by Gasteiger charge is -2.33. The number of rotatable bonds is 4. The number of benzene rings is 2. The third kappa shape index (κ3) is 4.35. The number of anilines is 2. The van der Waals surface area contributed by atoms with Crippen molar-refractivity contribution >= 4 is 23.1 Å². The Morgan fingerprint density at radius 2 is 1.71 bits per heavy atom. The van der Waals surface area contributed by atoms with Gasteiger partial charge in [0.05, 0.1) is 5.69 Å². The van der Waals surface area contributed by atoms with Crippen LogP contribution in [0.4, 0.5) is 20.3 Å². The average Bonchev–Trinajstić information content (AvgIpc) is 3.25. The van der Waals surface area contributed by atoms with Crippen LogP contribution in [0.1, 0.15) is 24.1 Å². The van der Waals surface area contributed by atoms with Crippen molar-refractivity contribution in [1.82, 2.24) is 14.6 Å². The van der Waals surface area contributed by atoms with Crippen molar-refractivity contribution in [2.24, 2.45) is 5.92 Å². The van der Waals surface area contributed by atoms with E-state index in [0.29, 0.717) is 25.9 Å². The zero-order valence-electron chi connectivity index (χ0n) is 19.1. The van der Waals surface area contributed by atoms with Gasteiger partial charge in [0.25, 0.3) is 0 Å². The molecule has 1 fully saturated rings. The minimum absolute atomic E-state index is 0.178. The predicted octanol–water partition coefficient (Wildman–Crippen LogP) is 5.15. The second kappa shape index (κ2) is 8.85. The molecule has 0 radical (unpaired) electrons. The summed E-state index contributed by atoms with van der Waals surface area (Å²) in [6.45, 7) is 5.37. The van der Waals surface area contributed by atoms with E-state index >= 15 is 0 Å². The van der Waals surface area contributed by atoms with Crippen molar-refractivity contribution in [3.8, 4) is 11.3 Å². The highest BCUT2D eigenvalue weighted by molar-refractivity contribution is 5.92. The number of amides is 1. The molecule has 0 aliphatic carbocycles. The lowest BCUT2D eigenvalue weighted by atomic mass is 9.95. The van der Waals surface area contributed by atoms with Crippen molar-refractivity contribution in [2.75, 3.05) is 23.3 Å². The second-order valence-electron chi connectivity index (χ2n) is 8.80. The van der Waals surface area contributed by atoms with Crippen LogP contribution in [-0.2, 0) is 4.79 Å². The molecular formula is C26H25F2N5O. The highest BCUT2D eigenvalue weighted by Gasteiger charge is 2.27. The van der Waals surface area contributed by atoms with Gasteiger partial charge in [-0.05, 0) is 38.8 Å². The van der Waals surface area contributed by atoms with E-state index in [1.807, 2.05) is 23.6 Å². The lowest BCUT2D eigenvalue weighted by molar-refractivity contribution is -0.120. The first-order chi connectivity index (χ1) is 16.4. The summed E-state index contributed by atoms with van der Waals surface area (Å²) in [4.78, 5) is 19.6. The zero-order chi connectivity index (χ0) is 23.8. The van der Waals surface area contributed by atoms with Crippen LogP contribution in [0.25, 0.3) is 16.9 Å². The quantitative estimate of drug-likeness (QED) is 0.457. The lowest BCUT2D eigenvalue weighted by Crippen LogP contribution is -2.39. The Bertz CT molecular complexity index is 1360. The summed E-state index contributed by atoms with van der Waals surface area (Å²) in [6, 6.07) is 15.6. The van der Waals surface area contributed by atoms with E-state index in [-0.39, 0.29) is 17.5 Å². The standard InChI is InChI=1S/C26H25F2N5O/c1-16-3-5-18(6-4-16)23-15-24-29-17(2)13-25(33(24)31-23)32-11-9-19(10-12-32)26(34)30-20-7-8-21(27)22(28)14-20/h3-8,13-15,19H,9-12H2,1-2H3,(H,30,34). The molecule has 1 amide bonds. The van der Waals surface area contributed by atoms with Gasteiger partial charge in [0.1, 0.15) is 5.82 Å². The fourth-order valence-electron chi connectivity index (χ4n) is 4.36. The summed E-state index contributed by atoms with van der Waals surface area (Å²) in [5, 5.41) is 7.53. The fraction of sp³-hybridized carbons (Fsp3) is 0.269. The molecule has 6 nitrogen and oxygen atoms in total. The molecule has 0 spiro atoms. The number of hydrogen-bond donors (Lipinski definition) is 1. The number of fused-ring (bicyclic) bond motifs is 1. The maximum absolute atomic E-state index is 13.5. The molecule has 1 saturated heterocycles. The molecule has 2 aromatic heterocycles. The van der Waals surface area contributed by atoms with E-state index in [2.05, 4.69) is 46.4 Å². The monoisotopic (exact) mass is 461 g/mol. The van der Waals surface area contributed by atoms with Crippen LogP contribution in [-0.4, -0.2) is 33.6 Å². The van der Waals surface area contributed by atoms with Crippen LogP contribution in [0.3, 0.4) is 0 Å². The first-order valence-electron chi connectivity index (χ1n) is 11.3. The Balaban J connectivity index is 1.32. The minimum atomic E-state index is -0.978. The Morgan fingerprint density at radius 3 is 2.41 bits per heavy atom. The minimum Gasteiger partial charge on any atom is -0.356 e. The average molecular weight is 462 g/mol. The van der Waals surface area contributed by atoms with Crippen LogP contribution >= 0.6 is 0 Å². The number of nitrogens with one attached hydrogen (secondary N) is 1. The molecule has 4 aromatic rings. The number of nitrogens with zero attached hydrogens (tertiary/aromatic N) is 4. The normalized spacial score (nSPS) is 14.5. The van der Waals surface area contributed by atoms with Crippen LogP contribution in [0, 0.1) is 31.4 Å². The van der Waals surface area contributed by atoms with Crippen LogP contribution < -0.4 is 10.2 Å². The summed E-state index contributed by atoms with van der Waals surface area (Å²) in [5.41, 5.74) is 5.03. The predicted molar refractivity (Wildman–Crippen MR) is 128 cm³/mol. The van der Waals surface area contributed by atoms with Crippen molar-refractivity contribution in [1.29, 1.82) is 0 Å². The number of aryl methyl sites for hydroxylation is 2. The number of carbonyl (C=O) groups is 1. The molecule has 8 heteroatoms. The van der Waals surface area contributed by atoms with Gasteiger partial charge in [0.2, 0.25) is 5.91 Å². The number of piperidine rings is 1. The third-order valence-electron chi connectivity index (χ3n) is 6.26. The Hall–Kier alpha value is -3.81. The summed E-state index contributed by atoms with van der Waals surface area (Å²) in [6.07, 6.45) is 1.29. The van der Waals surface area contributed by atoms with E-state index in [1.54, 1.807) is 0 Å². The van der Waals surface area contributed by atoms with E-state index in [9.17, 15) is 13.6 Å². The van der Waals surface area contributed by atoms with Crippen LogP contribution in [0.2, 0.25) is 0 Å². The number of halogens is 2. The molecule has 1 N–H and O–H groups in total. The van der Waals surface area contributed by atoms with Gasteiger partial charge in [-0.1, -0.05) is 29.8 Å². The first-order valence-corrected chi connectivity index (χ1v) is 11.3. The molecule has 34 heavy (non-hydrogen) atoms. The molecule has 5 rings (SSSR count). The fourth-order valence-corrected chi connectivity index (χ4v) is 4.36. The van der Waals surface area contributed by atoms with Crippen molar-refractivity contribution < 1.29 is 13.6 Å². The van der Waals surface area contributed by atoms with Crippen LogP contribution in [0.5, 0.6) is 0 Å². The van der Waals surface area contributed by atoms with Gasteiger partial charge in [-0.3, -0.25) is 4.79 Å². The van der Waals surface area contributed by atoms with E-state index in [0.717, 1.165) is 40.5 Å². The van der Waals surface area contributed by atoms with Gasteiger partial charge in [-0.15, -0.1) is 0 Å². The third-order valence-corrected chi connectivity index (χ3v) is 6.26. The largest absolute Gasteiger partial charge is 0.356 e. The summed E-state index contributed by atoms with van der Waals surface area (Å²) >= 11 is 0. The molecular weight excluding hydrogens is 436 g/mol. The van der Waals surface area contributed by atoms with Gasteiger partial charge >= 0.3 is 0 Å². The SMILES string of the molecule is Cc1ccc(-c2cc3nc(C)cc(N4CCC(C(=O)Nc5ccc(F)c(F)c5)CC4)n3n2)cc1. The van der Waals surface area contributed by atoms with Crippen molar-refractivity contribution in [3.05, 3.63) is 77.5 Å². The first kappa shape index (κ1) is 22.0. The van der Waals surface area contributed by atoms with Gasteiger partial charge in [0, 0.05) is 54.2 Å². The zero-order valence-corrected chi connectivity index (χ0v) is 19.1. The highest BCUT2D eigenvalue weighted by atomic mass is 19.2. The topological polar surface area (TPSA) is 62.5 Å². The van der Waals surface area contributed by atoms with Crippen LogP contribution in [0.15, 0.2) is 54.6 Å². The molecule has 2 aromatic carbocycles. The van der Waals surface area contributed by atoms with E-state index in [4.69, 9.17) is 5.10 Å². The van der Waals surface area contributed by atoms with Gasteiger partial charge < -0.3 is 10.2 Å². The Kier molecular flexibility index (Phi) is 5.73. The van der Waals surface area contributed by atoms with Gasteiger partial charge in [0.15, 0.2) is 17.3 Å². The maximum Gasteiger partial charge on any atom is 0.227 e. The molecule has 1 aliphatic heterocycles. The van der Waals surface area contributed by atoms with E-state index in [1.165, 1.54) is 11.6 Å². The Labute approximate surface area is 196 Å². The molecule has 0 atom stereocenters. The highest BCUT2D eigenvalue weighted by Crippen LogP contribution is 2.28. The van der Waals surface area contributed by atoms with Gasteiger partial charge in [-0.2, -0.15) is 9.61 Å². The number of hydrogen-bond acceptors (Lipinski definition) is 4. The number of carbonyl (C=O) groups excluding carboxylic acids is 1. The smallest absolute Gasteiger partial charge is 0.227 e. The summed E-state index contributed by atoms with van der Waals surface area (Å²) in [7, 11) is 0. The molecule has 0 bridgehead atoms. The maximum atomic E-state index is 13.5. The molecule has 174 valence electrons. The molecule has 0 unspecified atom stereocenters. The Morgan fingerprint density at radius 1 is 0.971 bits per heavy atom. The van der Waals surface area contributed by atoms with E-state index < -0.39 is 11.6 Å². The molecule has 0 saturated carbocycles. The number of aromatic nitrogens is 3. The summed E-state index contributed by atoms with van der Waals surface area (Å²) < 4.78 is 28.5. The summed E-state index contributed by atoms with van der Waals surface area (Å²) in [5.74, 6) is -1.35. The second-order valence-corrected chi connectivity index (χ2v) is 8.80. The molecule has 1 aliphatic rings. The van der Waals surface area contributed by atoms with Gasteiger partial charge in [-0.25, -0.2) is 13.8 Å². The van der Waals surface area contributed by atoms with Crippen molar-refractivity contribution in [2.45, 2.75) is 26.7 Å².